The van der Waals surface area contributed by atoms with Crippen LogP contribution >= 0.6 is 0 Å². The van der Waals surface area contributed by atoms with E-state index in [-0.39, 0.29) is 18.7 Å². The molecule has 3 rings (SSSR count). The highest BCUT2D eigenvalue weighted by molar-refractivity contribution is 5.77. The number of rotatable bonds is 5. The molecule has 0 bridgehead atoms. The average molecular weight is 338 g/mol. The second-order valence-corrected chi connectivity index (χ2v) is 6.46. The number of aromatic nitrogens is 2. The number of benzene rings is 2. The van der Waals surface area contributed by atoms with Crippen LogP contribution in [0.1, 0.15) is 16.7 Å². The van der Waals surface area contributed by atoms with Crippen molar-refractivity contribution in [3.05, 3.63) is 69.8 Å². The first-order chi connectivity index (χ1) is 11.9. The summed E-state index contributed by atoms with van der Waals surface area (Å²) < 4.78 is 7.14. The highest BCUT2D eigenvalue weighted by atomic mass is 16.5. The molecule has 1 aromatic heterocycles. The molecule has 1 heterocycles. The minimum atomic E-state index is -0.804. The van der Waals surface area contributed by atoms with Gasteiger partial charge in [0, 0.05) is 0 Å². The van der Waals surface area contributed by atoms with E-state index in [0.717, 1.165) is 22.4 Å². The van der Waals surface area contributed by atoms with E-state index in [0.29, 0.717) is 10.9 Å². The standard InChI is InChI=1S/C20H22N2O3/c1-13-5-7-18-17(8-13)20(24)22(12-21-18)10-16(23)11-25-19-9-14(2)4-6-15(19)3/h4-9,12,16,23H,10-11H2,1-3H3/t16-/m0/s1. The topological polar surface area (TPSA) is 64.3 Å². The molecular formula is C20H22N2O3. The number of aliphatic hydroxyl groups excluding tert-OH is 1. The van der Waals surface area contributed by atoms with Crippen LogP contribution in [0.4, 0.5) is 0 Å². The maximum Gasteiger partial charge on any atom is 0.261 e. The second kappa shape index (κ2) is 7.07. The summed E-state index contributed by atoms with van der Waals surface area (Å²) in [7, 11) is 0. The van der Waals surface area contributed by atoms with Crippen LogP contribution in [0.3, 0.4) is 0 Å². The SMILES string of the molecule is Cc1ccc(C)c(OC[C@@H](O)Cn2cnc3ccc(C)cc3c2=O)c1. The highest BCUT2D eigenvalue weighted by Gasteiger charge is 2.11. The fourth-order valence-corrected chi connectivity index (χ4v) is 2.73. The smallest absolute Gasteiger partial charge is 0.261 e. The average Bonchev–Trinajstić information content (AvgIpc) is 2.58. The normalized spacial score (nSPS) is 12.3. The Labute approximate surface area is 146 Å². The van der Waals surface area contributed by atoms with Gasteiger partial charge in [-0.3, -0.25) is 9.36 Å². The summed E-state index contributed by atoms with van der Waals surface area (Å²) in [4.78, 5) is 16.9. The van der Waals surface area contributed by atoms with Crippen molar-refractivity contribution in [2.75, 3.05) is 6.61 Å². The van der Waals surface area contributed by atoms with E-state index < -0.39 is 6.10 Å². The van der Waals surface area contributed by atoms with Crippen LogP contribution in [-0.2, 0) is 6.54 Å². The summed E-state index contributed by atoms with van der Waals surface area (Å²) in [6, 6.07) is 11.5. The Hall–Kier alpha value is -2.66. The summed E-state index contributed by atoms with van der Waals surface area (Å²) >= 11 is 0. The molecule has 130 valence electrons. The van der Waals surface area contributed by atoms with Crippen molar-refractivity contribution in [1.29, 1.82) is 0 Å². The van der Waals surface area contributed by atoms with E-state index >= 15 is 0 Å². The van der Waals surface area contributed by atoms with Gasteiger partial charge in [0.2, 0.25) is 0 Å². The van der Waals surface area contributed by atoms with Gasteiger partial charge in [-0.25, -0.2) is 4.98 Å². The van der Waals surface area contributed by atoms with Crippen LogP contribution < -0.4 is 10.3 Å². The van der Waals surface area contributed by atoms with Crippen LogP contribution in [0.25, 0.3) is 10.9 Å². The molecule has 3 aromatic rings. The summed E-state index contributed by atoms with van der Waals surface area (Å²) in [5.74, 6) is 0.749. The third-order valence-electron chi connectivity index (χ3n) is 4.16. The molecule has 25 heavy (non-hydrogen) atoms. The minimum absolute atomic E-state index is 0.114. The lowest BCUT2D eigenvalue weighted by Crippen LogP contribution is -2.30. The van der Waals surface area contributed by atoms with E-state index in [1.807, 2.05) is 57.2 Å². The lowest BCUT2D eigenvalue weighted by atomic mass is 10.1. The molecule has 5 nitrogen and oxygen atoms in total. The van der Waals surface area contributed by atoms with E-state index in [1.165, 1.54) is 10.9 Å². The van der Waals surface area contributed by atoms with Crippen molar-refractivity contribution in [3.63, 3.8) is 0 Å². The zero-order chi connectivity index (χ0) is 18.0. The first-order valence-electron chi connectivity index (χ1n) is 8.28. The number of hydrogen-bond donors (Lipinski definition) is 1. The summed E-state index contributed by atoms with van der Waals surface area (Å²) in [6.45, 7) is 6.14. The Morgan fingerprint density at radius 1 is 1.12 bits per heavy atom. The molecule has 0 spiro atoms. The number of ether oxygens (including phenoxy) is 1. The molecule has 0 saturated carbocycles. The first kappa shape index (κ1) is 17.2. The van der Waals surface area contributed by atoms with Gasteiger partial charge in [-0.2, -0.15) is 0 Å². The number of fused-ring (bicyclic) bond motifs is 1. The monoisotopic (exact) mass is 338 g/mol. The van der Waals surface area contributed by atoms with Gasteiger partial charge in [-0.1, -0.05) is 23.8 Å². The molecule has 0 unspecified atom stereocenters. The van der Waals surface area contributed by atoms with Crippen LogP contribution in [-0.4, -0.2) is 27.4 Å². The van der Waals surface area contributed by atoms with E-state index in [2.05, 4.69) is 4.98 Å². The molecular weight excluding hydrogens is 316 g/mol. The van der Waals surface area contributed by atoms with Crippen molar-refractivity contribution in [2.45, 2.75) is 33.4 Å². The van der Waals surface area contributed by atoms with Gasteiger partial charge in [0.05, 0.1) is 23.8 Å². The van der Waals surface area contributed by atoms with Gasteiger partial charge in [0.25, 0.3) is 5.56 Å². The van der Waals surface area contributed by atoms with E-state index in [1.54, 1.807) is 0 Å². The molecule has 2 aromatic carbocycles. The number of hydrogen-bond acceptors (Lipinski definition) is 4. The fourth-order valence-electron chi connectivity index (χ4n) is 2.73. The van der Waals surface area contributed by atoms with Gasteiger partial charge in [-0.15, -0.1) is 0 Å². The second-order valence-electron chi connectivity index (χ2n) is 6.46. The third-order valence-corrected chi connectivity index (χ3v) is 4.16. The maximum atomic E-state index is 12.6. The molecule has 0 saturated heterocycles. The van der Waals surface area contributed by atoms with Crippen LogP contribution in [0.15, 0.2) is 47.5 Å². The Morgan fingerprint density at radius 2 is 1.84 bits per heavy atom. The fraction of sp³-hybridized carbons (Fsp3) is 0.300. The van der Waals surface area contributed by atoms with Crippen LogP contribution in [0.2, 0.25) is 0 Å². The van der Waals surface area contributed by atoms with Gasteiger partial charge >= 0.3 is 0 Å². The van der Waals surface area contributed by atoms with Gasteiger partial charge in [0.1, 0.15) is 18.5 Å². The first-order valence-corrected chi connectivity index (χ1v) is 8.28. The van der Waals surface area contributed by atoms with Crippen molar-refractivity contribution < 1.29 is 9.84 Å². The predicted molar refractivity (Wildman–Crippen MR) is 98.2 cm³/mol. The lowest BCUT2D eigenvalue weighted by Gasteiger charge is -2.15. The maximum absolute atomic E-state index is 12.6. The Balaban J connectivity index is 1.73. The quantitative estimate of drug-likeness (QED) is 0.777. The van der Waals surface area contributed by atoms with Gasteiger partial charge < -0.3 is 9.84 Å². The summed E-state index contributed by atoms with van der Waals surface area (Å²) in [6.07, 6.45) is 0.669. The van der Waals surface area contributed by atoms with Crippen molar-refractivity contribution >= 4 is 10.9 Å². The molecule has 0 aliphatic rings. The molecule has 0 fully saturated rings. The number of nitrogens with zero attached hydrogens (tertiary/aromatic N) is 2. The predicted octanol–water partition coefficient (Wildman–Crippen LogP) is 2.76. The molecule has 0 radical (unpaired) electrons. The van der Waals surface area contributed by atoms with E-state index in [9.17, 15) is 9.90 Å². The third kappa shape index (κ3) is 3.88. The van der Waals surface area contributed by atoms with Gasteiger partial charge in [0.15, 0.2) is 0 Å². The Morgan fingerprint density at radius 3 is 2.64 bits per heavy atom. The Bertz CT molecular complexity index is 963. The number of aryl methyl sites for hydroxylation is 3. The highest BCUT2D eigenvalue weighted by Crippen LogP contribution is 2.19. The largest absolute Gasteiger partial charge is 0.491 e. The molecule has 0 aliphatic carbocycles. The van der Waals surface area contributed by atoms with Crippen LogP contribution in [0.5, 0.6) is 5.75 Å². The van der Waals surface area contributed by atoms with Gasteiger partial charge in [-0.05, 0) is 50.1 Å². The summed E-state index contributed by atoms with van der Waals surface area (Å²) in [5.41, 5.74) is 3.62. The lowest BCUT2D eigenvalue weighted by molar-refractivity contribution is 0.0911. The van der Waals surface area contributed by atoms with Crippen molar-refractivity contribution in [2.24, 2.45) is 0 Å². The molecule has 5 heteroatoms. The molecule has 0 amide bonds. The Kier molecular flexibility index (Phi) is 4.86. The molecule has 1 N–H and O–H groups in total. The zero-order valence-electron chi connectivity index (χ0n) is 14.7. The minimum Gasteiger partial charge on any atom is -0.491 e. The summed E-state index contributed by atoms with van der Waals surface area (Å²) in [5, 5.41) is 10.8. The molecule has 0 aliphatic heterocycles. The zero-order valence-corrected chi connectivity index (χ0v) is 14.7. The van der Waals surface area contributed by atoms with E-state index in [4.69, 9.17) is 4.74 Å². The van der Waals surface area contributed by atoms with Crippen LogP contribution in [0, 0.1) is 20.8 Å². The molecule has 1 atom stereocenters. The van der Waals surface area contributed by atoms with Crippen molar-refractivity contribution in [1.82, 2.24) is 9.55 Å². The number of aliphatic hydroxyl groups is 1. The van der Waals surface area contributed by atoms with Crippen molar-refractivity contribution in [3.8, 4) is 5.75 Å².